The molecule has 1 aliphatic heterocycles. The lowest BCUT2D eigenvalue weighted by molar-refractivity contribution is -0.140. The van der Waals surface area contributed by atoms with Gasteiger partial charge in [0, 0.05) is 20.1 Å². The lowest BCUT2D eigenvalue weighted by Crippen LogP contribution is -2.35. The van der Waals surface area contributed by atoms with E-state index in [2.05, 4.69) is 5.32 Å². The molecule has 1 saturated heterocycles. The minimum absolute atomic E-state index is 0.000612. The molecule has 0 radical (unpaired) electrons. The first kappa shape index (κ1) is 15.3. The summed E-state index contributed by atoms with van der Waals surface area (Å²) >= 11 is 1.94. The maximum Gasteiger partial charge on any atom is 0.306 e. The summed E-state index contributed by atoms with van der Waals surface area (Å²) in [6.45, 7) is 0.267. The van der Waals surface area contributed by atoms with Crippen LogP contribution in [0.3, 0.4) is 0 Å². The van der Waals surface area contributed by atoms with Gasteiger partial charge in [-0.1, -0.05) is 0 Å². The second kappa shape index (κ2) is 8.37. The van der Waals surface area contributed by atoms with Gasteiger partial charge in [0.25, 0.3) is 0 Å². The Morgan fingerprint density at radius 3 is 2.67 bits per heavy atom. The quantitative estimate of drug-likeness (QED) is 0.728. The highest BCUT2D eigenvalue weighted by Gasteiger charge is 2.18. The molecule has 0 bridgehead atoms. The number of carbonyl (C=O) groups excluding carboxylic acids is 1. The van der Waals surface area contributed by atoms with E-state index in [-0.39, 0.29) is 18.9 Å². The average molecular weight is 275 g/mol. The van der Waals surface area contributed by atoms with Gasteiger partial charge in [0.15, 0.2) is 0 Å². The highest BCUT2D eigenvalue weighted by atomic mass is 32.2. The number of carbonyl (C=O) groups is 2. The Kier molecular flexibility index (Phi) is 7.12. The van der Waals surface area contributed by atoms with E-state index in [1.165, 1.54) is 7.11 Å². The molecule has 1 atom stereocenters. The molecule has 5 nitrogen and oxygen atoms in total. The lowest BCUT2D eigenvalue weighted by atomic mass is 9.98. The molecule has 0 saturated carbocycles. The average Bonchev–Trinajstić information content (AvgIpc) is 2.35. The van der Waals surface area contributed by atoms with Gasteiger partial charge in [-0.05, 0) is 30.3 Å². The summed E-state index contributed by atoms with van der Waals surface area (Å²) in [4.78, 5) is 22.2. The van der Waals surface area contributed by atoms with Crippen LogP contribution < -0.4 is 5.32 Å². The van der Waals surface area contributed by atoms with Crippen molar-refractivity contribution in [2.75, 3.05) is 25.2 Å². The van der Waals surface area contributed by atoms with Gasteiger partial charge in [-0.3, -0.25) is 9.59 Å². The first-order valence-electron chi connectivity index (χ1n) is 6.21. The van der Waals surface area contributed by atoms with Crippen molar-refractivity contribution < 1.29 is 19.4 Å². The molecule has 0 aromatic rings. The van der Waals surface area contributed by atoms with Crippen LogP contribution in [0.2, 0.25) is 0 Å². The van der Waals surface area contributed by atoms with E-state index in [1.54, 1.807) is 0 Å². The van der Waals surface area contributed by atoms with Crippen LogP contribution in [-0.4, -0.2) is 48.2 Å². The first-order valence-corrected chi connectivity index (χ1v) is 7.36. The summed E-state index contributed by atoms with van der Waals surface area (Å²) in [5, 5.41) is 11.4. The minimum Gasteiger partial charge on any atom is -0.481 e. The number of ether oxygens (including phenoxy) is 1. The minimum atomic E-state index is -0.916. The smallest absolute Gasteiger partial charge is 0.306 e. The van der Waals surface area contributed by atoms with Gasteiger partial charge in [-0.25, -0.2) is 0 Å². The number of rotatable bonds is 7. The summed E-state index contributed by atoms with van der Waals surface area (Å²) in [6.07, 6.45) is 2.20. The summed E-state index contributed by atoms with van der Waals surface area (Å²) < 4.78 is 5.00. The Hall–Kier alpha value is -0.750. The molecule has 1 heterocycles. The summed E-state index contributed by atoms with van der Waals surface area (Å²) in [6, 6.07) is 0. The van der Waals surface area contributed by atoms with Crippen LogP contribution >= 0.6 is 11.8 Å². The predicted octanol–water partition coefficient (Wildman–Crippen LogP) is 1.13. The van der Waals surface area contributed by atoms with Gasteiger partial charge in [0.05, 0.1) is 12.5 Å². The molecular weight excluding hydrogens is 254 g/mol. The van der Waals surface area contributed by atoms with E-state index >= 15 is 0 Å². The number of methoxy groups -OCH3 is 1. The number of hydrogen-bond acceptors (Lipinski definition) is 4. The second-order valence-corrected chi connectivity index (χ2v) is 5.74. The fourth-order valence-corrected chi connectivity index (χ4v) is 3.15. The Labute approximate surface area is 112 Å². The van der Waals surface area contributed by atoms with Gasteiger partial charge >= 0.3 is 5.97 Å². The Morgan fingerprint density at radius 2 is 2.11 bits per heavy atom. The zero-order valence-electron chi connectivity index (χ0n) is 10.7. The second-order valence-electron chi connectivity index (χ2n) is 4.52. The summed E-state index contributed by atoms with van der Waals surface area (Å²) in [5.74, 6) is 1.83. The van der Waals surface area contributed by atoms with Gasteiger partial charge in [0.2, 0.25) is 5.91 Å². The Balaban J connectivity index is 2.20. The number of aliphatic carboxylic acids is 1. The maximum absolute atomic E-state index is 11.7. The van der Waals surface area contributed by atoms with Crippen molar-refractivity contribution in [3.63, 3.8) is 0 Å². The molecule has 0 spiro atoms. The van der Waals surface area contributed by atoms with Crippen LogP contribution in [0.1, 0.15) is 25.7 Å². The molecule has 104 valence electrons. The van der Waals surface area contributed by atoms with Gasteiger partial charge in [0.1, 0.15) is 0 Å². The van der Waals surface area contributed by atoms with Gasteiger partial charge in [-0.2, -0.15) is 11.8 Å². The van der Waals surface area contributed by atoms with Crippen LogP contribution in [-0.2, 0) is 14.3 Å². The van der Waals surface area contributed by atoms with Crippen molar-refractivity contribution >= 4 is 23.6 Å². The third-order valence-corrected chi connectivity index (χ3v) is 4.13. The van der Waals surface area contributed by atoms with Crippen molar-refractivity contribution in [3.05, 3.63) is 0 Å². The number of thioether (sulfide) groups is 1. The molecular formula is C12H21NO4S. The highest BCUT2D eigenvalue weighted by Crippen LogP contribution is 2.24. The molecule has 2 N–H and O–H groups in total. The number of nitrogens with one attached hydrogen (secondary N) is 1. The molecule has 0 aromatic heterocycles. The fraction of sp³-hybridized carbons (Fsp3) is 0.833. The standard InChI is InChI=1S/C12H21NO4S/c1-17-10(7-12(15)16)8-13-11(14)6-9-2-4-18-5-3-9/h9-10H,2-8H2,1H3,(H,13,14)(H,15,16). The topological polar surface area (TPSA) is 75.6 Å². The molecule has 1 rings (SSSR count). The fourth-order valence-electron chi connectivity index (χ4n) is 1.95. The molecule has 1 amide bonds. The van der Waals surface area contributed by atoms with E-state index in [4.69, 9.17) is 9.84 Å². The van der Waals surface area contributed by atoms with Crippen molar-refractivity contribution in [1.82, 2.24) is 5.32 Å². The maximum atomic E-state index is 11.7. The molecule has 1 fully saturated rings. The van der Waals surface area contributed by atoms with E-state index < -0.39 is 12.1 Å². The number of amides is 1. The SMILES string of the molecule is COC(CNC(=O)CC1CCSCC1)CC(=O)O. The lowest BCUT2D eigenvalue weighted by Gasteiger charge is -2.21. The molecule has 18 heavy (non-hydrogen) atoms. The van der Waals surface area contributed by atoms with Crippen molar-refractivity contribution in [2.24, 2.45) is 5.92 Å². The monoisotopic (exact) mass is 275 g/mol. The largest absolute Gasteiger partial charge is 0.481 e. The van der Waals surface area contributed by atoms with Crippen LogP contribution in [0.4, 0.5) is 0 Å². The van der Waals surface area contributed by atoms with Crippen molar-refractivity contribution in [2.45, 2.75) is 31.8 Å². The highest BCUT2D eigenvalue weighted by molar-refractivity contribution is 7.99. The summed E-state index contributed by atoms with van der Waals surface area (Å²) in [5.41, 5.74) is 0. The molecule has 0 aromatic carbocycles. The first-order chi connectivity index (χ1) is 8.61. The van der Waals surface area contributed by atoms with E-state index in [0.717, 1.165) is 24.3 Å². The van der Waals surface area contributed by atoms with Gasteiger partial charge < -0.3 is 15.2 Å². The van der Waals surface area contributed by atoms with Crippen LogP contribution in [0.5, 0.6) is 0 Å². The van der Waals surface area contributed by atoms with Crippen LogP contribution in [0.15, 0.2) is 0 Å². The Bertz CT molecular complexity index is 279. The molecule has 0 aliphatic carbocycles. The van der Waals surface area contributed by atoms with E-state index in [0.29, 0.717) is 12.3 Å². The molecule has 6 heteroatoms. The zero-order chi connectivity index (χ0) is 13.4. The van der Waals surface area contributed by atoms with E-state index in [9.17, 15) is 9.59 Å². The predicted molar refractivity (Wildman–Crippen MR) is 70.7 cm³/mol. The van der Waals surface area contributed by atoms with Crippen molar-refractivity contribution in [1.29, 1.82) is 0 Å². The zero-order valence-corrected chi connectivity index (χ0v) is 11.5. The van der Waals surface area contributed by atoms with Gasteiger partial charge in [-0.15, -0.1) is 0 Å². The number of carboxylic acids is 1. The van der Waals surface area contributed by atoms with Crippen LogP contribution in [0, 0.1) is 5.92 Å². The normalized spacial score (nSPS) is 18.3. The molecule has 1 unspecified atom stereocenters. The van der Waals surface area contributed by atoms with E-state index in [1.807, 2.05) is 11.8 Å². The van der Waals surface area contributed by atoms with Crippen LogP contribution in [0.25, 0.3) is 0 Å². The molecule has 1 aliphatic rings. The third kappa shape index (κ3) is 6.26. The number of hydrogen-bond donors (Lipinski definition) is 2. The third-order valence-electron chi connectivity index (χ3n) is 3.08. The van der Waals surface area contributed by atoms with Crippen molar-refractivity contribution in [3.8, 4) is 0 Å². The number of carboxylic acid groups (broad SMARTS) is 1. The summed E-state index contributed by atoms with van der Waals surface area (Å²) in [7, 11) is 1.46. The Morgan fingerprint density at radius 1 is 1.44 bits per heavy atom.